The molecule has 0 radical (unpaired) electrons. The van der Waals surface area contributed by atoms with Gasteiger partial charge in [0, 0.05) is 172 Å². The molecule has 0 atom stereocenters. The fourth-order valence-electron chi connectivity index (χ4n) is 13.5. The van der Waals surface area contributed by atoms with Crippen molar-refractivity contribution in [2.45, 2.75) is 105 Å². The third kappa shape index (κ3) is 23.7. The molecule has 14 rings (SSSR count). The number of hydrogen-bond donors (Lipinski definition) is 6. The molecule has 0 unspecified atom stereocenters. The molecule has 0 saturated carbocycles. The van der Waals surface area contributed by atoms with Crippen molar-refractivity contribution in [1.82, 2.24) is 0 Å². The fourth-order valence-corrected chi connectivity index (χ4v) is 13.5. The molecule has 0 aliphatic carbocycles. The molecule has 15 heteroatoms. The maximum absolute atomic E-state index is 11.3. The van der Waals surface area contributed by atoms with Crippen molar-refractivity contribution in [3.05, 3.63) is 394 Å². The molecule has 14 aromatic carbocycles. The van der Waals surface area contributed by atoms with Crippen molar-refractivity contribution in [2.75, 3.05) is 0 Å². The van der Waals surface area contributed by atoms with Crippen LogP contribution in [0.2, 0.25) is 0 Å². The van der Waals surface area contributed by atoms with E-state index in [1.54, 1.807) is 73.4 Å². The van der Waals surface area contributed by atoms with Crippen molar-refractivity contribution in [1.29, 1.82) is 0 Å². The Bertz CT molecular complexity index is 5720. The predicted octanol–water partition coefficient (Wildman–Crippen LogP) is 26.8. The first kappa shape index (κ1) is 92.6. The molecule has 14 aromatic rings. The number of phenolic OH excluding ortho intramolecular Hbond substituents is 6. The Hall–Kier alpha value is -12.2. The molecule has 6 N–H and O–H groups in total. The number of rotatable bonds is 17. The van der Waals surface area contributed by atoms with Crippen LogP contribution in [0.15, 0.2) is 358 Å². The van der Waals surface area contributed by atoms with E-state index < -0.39 is 0 Å². The summed E-state index contributed by atoms with van der Waals surface area (Å²) in [5.74, 6) is 1.23. The second kappa shape index (κ2) is 41.6. The number of aliphatic imine (C=N–C) groups is 6. The second-order valence-electron chi connectivity index (χ2n) is 32.9. The Morgan fingerprint density at radius 1 is 0.231 bits per heavy atom. The van der Waals surface area contributed by atoms with Gasteiger partial charge in [-0.2, -0.15) is 0 Å². The van der Waals surface area contributed by atoms with Crippen LogP contribution in [-0.2, 0) is 80.1 Å². The zero-order valence-electron chi connectivity index (χ0n) is 71.0. The third-order valence-corrected chi connectivity index (χ3v) is 20.0. The molecule has 0 amide bonds. The van der Waals surface area contributed by atoms with Crippen LogP contribution in [0.5, 0.6) is 34.5 Å². The first-order valence-electron chi connectivity index (χ1n) is 39.5. The number of nitrogens with zero attached hydrogens (tertiary/aromatic N) is 6. The molecule has 0 bridgehead atoms. The number of phenols is 6. The SMILES string of the molecule is CC(C)(C)c1cc(C=Nc2ccccc2-c2ccccc2N=Cc2cc(C(C)(C)C)cc(C(C)(C)C)c2O)c(O)c(C(C)(C)C)c1.Oc1ccccc1C(=Nc1ccccc1-c1ccccc1N=C(c1ccccc1)c1ccccc1O)c1ccccc1.Oc1ccccc1C=Nc1ccccc1-c1ccccc1N=Cc1ccccc1O.[Zn].[Zn].[Zn]. The molecule has 0 aliphatic rings. The van der Waals surface area contributed by atoms with Crippen molar-refractivity contribution in [2.24, 2.45) is 30.0 Å². The first-order valence-corrected chi connectivity index (χ1v) is 39.5. The topological polar surface area (TPSA) is 196 Å². The van der Waals surface area contributed by atoms with Crippen LogP contribution in [0.1, 0.15) is 150 Å². The van der Waals surface area contributed by atoms with E-state index in [2.05, 4.69) is 105 Å². The van der Waals surface area contributed by atoms with Gasteiger partial charge in [-0.3, -0.25) is 20.0 Å². The quantitative estimate of drug-likeness (QED) is 0.0388. The van der Waals surface area contributed by atoms with Gasteiger partial charge in [-0.1, -0.05) is 314 Å². The zero-order valence-corrected chi connectivity index (χ0v) is 79.9. The molecule has 0 spiro atoms. The summed E-state index contributed by atoms with van der Waals surface area (Å²) in [6.45, 7) is 25.8. The van der Waals surface area contributed by atoms with Gasteiger partial charge in [-0.15, -0.1) is 0 Å². The van der Waals surface area contributed by atoms with Crippen LogP contribution in [0.3, 0.4) is 0 Å². The van der Waals surface area contributed by atoms with Crippen LogP contribution in [0.25, 0.3) is 33.4 Å². The van der Waals surface area contributed by atoms with E-state index in [1.807, 2.05) is 267 Å². The molecule has 0 aromatic heterocycles. The second-order valence-corrected chi connectivity index (χ2v) is 32.9. The molecule has 0 heterocycles. The van der Waals surface area contributed by atoms with E-state index in [1.165, 1.54) is 0 Å². The van der Waals surface area contributed by atoms with Gasteiger partial charge in [0.25, 0.3) is 0 Å². The van der Waals surface area contributed by atoms with Gasteiger partial charge >= 0.3 is 0 Å². The smallest absolute Gasteiger partial charge is 0.128 e. The van der Waals surface area contributed by atoms with Crippen LogP contribution in [0.4, 0.5) is 34.1 Å². The molecule has 121 heavy (non-hydrogen) atoms. The van der Waals surface area contributed by atoms with Gasteiger partial charge in [0.1, 0.15) is 34.5 Å². The average molecular weight is 1750 g/mol. The third-order valence-electron chi connectivity index (χ3n) is 20.0. The Morgan fingerprint density at radius 2 is 0.463 bits per heavy atom. The van der Waals surface area contributed by atoms with E-state index >= 15 is 0 Å². The van der Waals surface area contributed by atoms with Gasteiger partial charge in [0.15, 0.2) is 0 Å². The maximum Gasteiger partial charge on any atom is 0.128 e. The monoisotopic (exact) mass is 1740 g/mol. The molecule has 12 nitrogen and oxygen atoms in total. The van der Waals surface area contributed by atoms with Crippen molar-refractivity contribution in [3.63, 3.8) is 0 Å². The zero-order chi connectivity index (χ0) is 83.7. The molecule has 596 valence electrons. The largest absolute Gasteiger partial charge is 0.507 e. The Balaban J connectivity index is 0.000000208. The van der Waals surface area contributed by atoms with Crippen molar-refractivity contribution >= 4 is 70.4 Å². The number of hydrogen-bond acceptors (Lipinski definition) is 12. The van der Waals surface area contributed by atoms with Gasteiger partial charge in [-0.25, -0.2) is 9.98 Å². The van der Waals surface area contributed by atoms with E-state index in [0.29, 0.717) is 44.8 Å². The molecule has 0 fully saturated rings. The Morgan fingerprint density at radius 3 is 0.736 bits per heavy atom. The Labute approximate surface area is 750 Å². The number of para-hydroxylation sites is 10. The minimum atomic E-state index is -0.225. The van der Waals surface area contributed by atoms with Gasteiger partial charge in [-0.05, 0) is 130 Å². The average Bonchev–Trinajstić information content (AvgIpc) is 0.768. The van der Waals surface area contributed by atoms with Crippen LogP contribution >= 0.6 is 0 Å². The summed E-state index contributed by atoms with van der Waals surface area (Å²) >= 11 is 0. The summed E-state index contributed by atoms with van der Waals surface area (Å²) < 4.78 is 0. The summed E-state index contributed by atoms with van der Waals surface area (Å²) in [6, 6.07) is 104. The van der Waals surface area contributed by atoms with Crippen LogP contribution in [-0.4, -0.2) is 66.9 Å². The summed E-state index contributed by atoms with van der Waals surface area (Å²) in [6.07, 6.45) is 6.85. The van der Waals surface area contributed by atoms with Gasteiger partial charge in [0.05, 0.1) is 45.5 Å². The first-order chi connectivity index (χ1) is 56.6. The predicted molar refractivity (Wildman–Crippen MR) is 492 cm³/mol. The molecular weight excluding hydrogens is 1650 g/mol. The Kier molecular flexibility index (Phi) is 31.9. The normalized spacial score (nSPS) is 11.9. The van der Waals surface area contributed by atoms with E-state index in [9.17, 15) is 30.6 Å². The molecule has 0 saturated heterocycles. The van der Waals surface area contributed by atoms with E-state index in [0.717, 1.165) is 101 Å². The summed E-state index contributed by atoms with van der Waals surface area (Å²) in [7, 11) is 0. The minimum Gasteiger partial charge on any atom is -0.507 e. The van der Waals surface area contributed by atoms with Crippen LogP contribution < -0.4 is 0 Å². The number of aromatic hydroxyl groups is 6. The van der Waals surface area contributed by atoms with Crippen molar-refractivity contribution < 1.29 is 89.1 Å². The number of benzene rings is 14. The fraction of sp³-hybridized carbons (Fsp3) is 0.151. The van der Waals surface area contributed by atoms with Crippen molar-refractivity contribution in [3.8, 4) is 67.9 Å². The standard InChI is InChI=1S/C42H52N2O2.C38H28N2O2.C26H20N2O2.3Zn/c1-39(2,3)29-21-27(37(45)33(23-29)41(7,8)9)25-43-35-19-15-13-17-31(35)32-18-14-16-20-36(32)44-26-28-22-30(40(4,5)6)24-34(38(28)46)42(10,11)12;41-35-25-13-9-21-31(35)37(27-15-3-1-4-16-27)39-33-23-11-7-19-29(33)30-20-8-12-24-34(30)40-38(28-17-5-2-6-18-28)32-22-10-14-26-36(32)42;29-25-15-7-1-9-19(25)17-27-23-13-5-3-11-21(23)22-12-4-6-14-24(22)28-18-20-10-2-8-16-26(20)30;;;/h13-26,45-46H,1-12H3;1-26,41-42H;1-18,29-30H;;;. The molecule has 0 aliphatic heterocycles. The van der Waals surface area contributed by atoms with E-state index in [4.69, 9.17) is 20.0 Å². The summed E-state index contributed by atoms with van der Waals surface area (Å²) in [5, 5.41) is 64.2. The van der Waals surface area contributed by atoms with Crippen LogP contribution in [0, 0.1) is 0 Å². The van der Waals surface area contributed by atoms with Gasteiger partial charge in [0.2, 0.25) is 0 Å². The minimum absolute atomic E-state index is 0. The maximum atomic E-state index is 11.3. The summed E-state index contributed by atoms with van der Waals surface area (Å²) in [4.78, 5) is 29.4. The molecular formula is C106H100N6O6Zn3. The summed E-state index contributed by atoms with van der Waals surface area (Å²) in [5.41, 5.74) is 20.7. The van der Waals surface area contributed by atoms with E-state index in [-0.39, 0.29) is 115 Å². The van der Waals surface area contributed by atoms with Gasteiger partial charge < -0.3 is 30.6 Å².